The summed E-state index contributed by atoms with van der Waals surface area (Å²) in [6, 6.07) is 64.8. The Labute approximate surface area is 327 Å². The van der Waals surface area contributed by atoms with Crippen LogP contribution >= 0.6 is 0 Å². The zero-order valence-electron chi connectivity index (χ0n) is 30.7. The van der Waals surface area contributed by atoms with Crippen LogP contribution in [0, 0.1) is 0 Å². The number of rotatable bonds is 5. The summed E-state index contributed by atoms with van der Waals surface area (Å²) in [5, 5.41) is 11.6. The van der Waals surface area contributed by atoms with Crippen LogP contribution in [-0.2, 0) is 0 Å². The summed E-state index contributed by atoms with van der Waals surface area (Å²) in [4.78, 5) is 6.55. The van der Waals surface area contributed by atoms with Crippen LogP contribution in [0.25, 0.3) is 98.4 Å². The van der Waals surface area contributed by atoms with Crippen LogP contribution in [0.4, 0.5) is 17.1 Å². The number of pyridine rings is 1. The van der Waals surface area contributed by atoms with Crippen molar-refractivity contribution in [3.8, 4) is 22.3 Å². The Morgan fingerprint density at radius 1 is 0.333 bits per heavy atom. The van der Waals surface area contributed by atoms with Crippen molar-refractivity contribution in [3.63, 3.8) is 0 Å². The maximum Gasteiger partial charge on any atom is 0.137 e. The average molecular weight is 729 g/mol. The van der Waals surface area contributed by atoms with Crippen LogP contribution in [0.2, 0.25) is 0 Å². The van der Waals surface area contributed by atoms with E-state index in [4.69, 9.17) is 8.83 Å². The first-order valence-electron chi connectivity index (χ1n) is 19.2. The molecule has 4 heteroatoms. The molecular formula is C53H32N2O2. The summed E-state index contributed by atoms with van der Waals surface area (Å²) in [6.07, 6.45) is 3.75. The van der Waals surface area contributed by atoms with Gasteiger partial charge in [-0.05, 0) is 110 Å². The molecule has 266 valence electrons. The lowest BCUT2D eigenvalue weighted by Crippen LogP contribution is -2.09. The van der Waals surface area contributed by atoms with Gasteiger partial charge in [-0.15, -0.1) is 0 Å². The van der Waals surface area contributed by atoms with Crippen LogP contribution in [0.3, 0.4) is 0 Å². The molecule has 0 amide bonds. The molecule has 0 saturated heterocycles. The lowest BCUT2D eigenvalue weighted by Gasteiger charge is -2.25. The second kappa shape index (κ2) is 12.4. The summed E-state index contributed by atoms with van der Waals surface area (Å²) in [7, 11) is 0. The van der Waals surface area contributed by atoms with Gasteiger partial charge in [0.25, 0.3) is 0 Å². The van der Waals surface area contributed by atoms with Crippen LogP contribution in [-0.4, -0.2) is 4.98 Å². The minimum absolute atomic E-state index is 0.847. The van der Waals surface area contributed by atoms with Gasteiger partial charge >= 0.3 is 0 Å². The Hall–Kier alpha value is -7.69. The van der Waals surface area contributed by atoms with E-state index in [-0.39, 0.29) is 0 Å². The van der Waals surface area contributed by atoms with Crippen molar-refractivity contribution in [3.05, 3.63) is 194 Å². The Bertz CT molecular complexity index is 3370. The molecule has 0 spiro atoms. The zero-order valence-corrected chi connectivity index (χ0v) is 30.7. The molecule has 3 aromatic heterocycles. The van der Waals surface area contributed by atoms with Gasteiger partial charge in [0.15, 0.2) is 0 Å². The third-order valence-corrected chi connectivity index (χ3v) is 11.5. The van der Waals surface area contributed by atoms with Gasteiger partial charge in [-0.2, -0.15) is 0 Å². The summed E-state index contributed by atoms with van der Waals surface area (Å²) >= 11 is 0. The van der Waals surface area contributed by atoms with Gasteiger partial charge in [-0.3, -0.25) is 4.98 Å². The zero-order chi connectivity index (χ0) is 37.5. The summed E-state index contributed by atoms with van der Waals surface area (Å²) in [5.41, 5.74) is 11.2. The standard InChI is InChI=1S/C53H32N2O2/c1-3-7-44-36(5-1)17-25-48-52(44)46-23-21-42(30-50(46)56-48)55(43-22-24-47-51(31-43)57-49-26-18-37-6-2-4-8-45(37)53(47)49)41-19-15-34(16-20-41)33-9-11-35(12-10-33)38-13-14-40-32-54-28-27-39(40)29-38/h1-32H. The predicted molar refractivity (Wildman–Crippen MR) is 237 cm³/mol. The maximum atomic E-state index is 6.57. The van der Waals surface area contributed by atoms with Crippen LogP contribution in [0.1, 0.15) is 0 Å². The van der Waals surface area contributed by atoms with E-state index in [2.05, 4.69) is 192 Å². The van der Waals surface area contributed by atoms with E-state index >= 15 is 0 Å². The first kappa shape index (κ1) is 31.6. The molecule has 57 heavy (non-hydrogen) atoms. The highest BCUT2D eigenvalue weighted by Gasteiger charge is 2.19. The summed E-state index contributed by atoms with van der Waals surface area (Å²) in [6.45, 7) is 0. The van der Waals surface area contributed by atoms with E-state index in [1.54, 1.807) is 0 Å². The highest BCUT2D eigenvalue weighted by molar-refractivity contribution is 6.20. The van der Waals surface area contributed by atoms with E-state index in [9.17, 15) is 0 Å². The largest absolute Gasteiger partial charge is 0.456 e. The molecule has 0 fully saturated rings. The number of aromatic nitrogens is 1. The fourth-order valence-corrected chi connectivity index (χ4v) is 8.72. The molecule has 0 unspecified atom stereocenters. The third kappa shape index (κ3) is 5.12. The molecule has 0 saturated carbocycles. The van der Waals surface area contributed by atoms with E-state index in [1.165, 1.54) is 38.1 Å². The first-order valence-corrected chi connectivity index (χ1v) is 19.2. The van der Waals surface area contributed by atoms with Gasteiger partial charge in [0.1, 0.15) is 22.3 Å². The maximum absolute atomic E-state index is 6.57. The second-order valence-corrected chi connectivity index (χ2v) is 14.8. The van der Waals surface area contributed by atoms with Crippen LogP contribution < -0.4 is 4.90 Å². The molecule has 12 rings (SSSR count). The molecule has 0 aliphatic rings. The molecule has 0 radical (unpaired) electrons. The molecule has 3 heterocycles. The molecule has 0 bridgehead atoms. The van der Waals surface area contributed by atoms with E-state index < -0.39 is 0 Å². The Morgan fingerprint density at radius 3 is 1.42 bits per heavy atom. The average Bonchev–Trinajstić information content (AvgIpc) is 3.85. The van der Waals surface area contributed by atoms with Gasteiger partial charge in [-0.1, -0.05) is 109 Å². The Balaban J connectivity index is 0.968. The fourth-order valence-electron chi connectivity index (χ4n) is 8.72. The minimum Gasteiger partial charge on any atom is -0.456 e. The number of benzene rings is 9. The fraction of sp³-hybridized carbons (Fsp3) is 0. The minimum atomic E-state index is 0.847. The highest BCUT2D eigenvalue weighted by Crippen LogP contribution is 2.43. The quantitative estimate of drug-likeness (QED) is 0.177. The van der Waals surface area contributed by atoms with Crippen molar-refractivity contribution in [2.24, 2.45) is 0 Å². The predicted octanol–water partition coefficient (Wildman–Crippen LogP) is 15.1. The normalized spacial score (nSPS) is 11.9. The van der Waals surface area contributed by atoms with Crippen molar-refractivity contribution in [1.82, 2.24) is 4.98 Å². The topological polar surface area (TPSA) is 42.4 Å². The van der Waals surface area contributed by atoms with Gasteiger partial charge in [0.2, 0.25) is 0 Å². The molecule has 0 atom stereocenters. The van der Waals surface area contributed by atoms with Crippen LogP contribution in [0.5, 0.6) is 0 Å². The van der Waals surface area contributed by atoms with Crippen LogP contribution in [0.15, 0.2) is 203 Å². The smallest absolute Gasteiger partial charge is 0.137 e. The van der Waals surface area contributed by atoms with E-state index in [1.807, 2.05) is 12.4 Å². The van der Waals surface area contributed by atoms with Crippen molar-refractivity contribution in [2.45, 2.75) is 0 Å². The molecule has 0 aliphatic heterocycles. The second-order valence-electron chi connectivity index (χ2n) is 14.8. The number of hydrogen-bond donors (Lipinski definition) is 0. The van der Waals surface area contributed by atoms with Crippen molar-refractivity contribution < 1.29 is 8.83 Å². The first-order chi connectivity index (χ1) is 28.2. The highest BCUT2D eigenvalue weighted by atomic mass is 16.3. The Morgan fingerprint density at radius 2 is 0.825 bits per heavy atom. The van der Waals surface area contributed by atoms with Crippen molar-refractivity contribution >= 4 is 93.3 Å². The van der Waals surface area contributed by atoms with Gasteiger partial charge in [0, 0.05) is 68.5 Å². The monoisotopic (exact) mass is 728 g/mol. The van der Waals surface area contributed by atoms with E-state index in [0.29, 0.717) is 0 Å². The Kier molecular flexibility index (Phi) is 6.89. The molecule has 12 aromatic rings. The molecule has 0 N–H and O–H groups in total. The molecule has 4 nitrogen and oxygen atoms in total. The molecular weight excluding hydrogens is 697 g/mol. The third-order valence-electron chi connectivity index (χ3n) is 11.5. The van der Waals surface area contributed by atoms with Gasteiger partial charge < -0.3 is 13.7 Å². The molecule has 9 aromatic carbocycles. The summed E-state index contributed by atoms with van der Waals surface area (Å²) in [5.74, 6) is 0. The number of anilines is 3. The number of hydrogen-bond acceptors (Lipinski definition) is 4. The lowest BCUT2D eigenvalue weighted by molar-refractivity contribution is 0.669. The van der Waals surface area contributed by atoms with Gasteiger partial charge in [-0.25, -0.2) is 0 Å². The number of furan rings is 2. The van der Waals surface area contributed by atoms with Crippen molar-refractivity contribution in [2.75, 3.05) is 4.90 Å². The SMILES string of the molecule is c1ccc2c(c1)ccc1oc3cc(N(c4ccc(-c5ccc(-c6ccc7cnccc7c6)cc5)cc4)c4ccc5c(c4)oc4ccc6ccccc6c45)ccc3c12. The summed E-state index contributed by atoms with van der Waals surface area (Å²) < 4.78 is 13.1. The molecule has 0 aliphatic carbocycles. The van der Waals surface area contributed by atoms with Gasteiger partial charge in [0.05, 0.1) is 0 Å². The number of fused-ring (bicyclic) bond motifs is 11. The van der Waals surface area contributed by atoms with E-state index in [0.717, 1.165) is 77.5 Å². The number of nitrogens with zero attached hydrogens (tertiary/aromatic N) is 2. The lowest BCUT2D eigenvalue weighted by atomic mass is 9.98. The van der Waals surface area contributed by atoms with Crippen molar-refractivity contribution in [1.29, 1.82) is 0 Å².